The lowest BCUT2D eigenvalue weighted by Gasteiger charge is -2.22. The first-order chi connectivity index (χ1) is 13.0. The van der Waals surface area contributed by atoms with Gasteiger partial charge in [0.2, 0.25) is 5.95 Å². The molecule has 0 aliphatic carbocycles. The van der Waals surface area contributed by atoms with Gasteiger partial charge in [-0.15, -0.1) is 0 Å². The summed E-state index contributed by atoms with van der Waals surface area (Å²) in [4.78, 5) is 23.4. The van der Waals surface area contributed by atoms with Crippen molar-refractivity contribution in [3.05, 3.63) is 76.0 Å². The normalized spacial score (nSPS) is 15.5. The molecule has 1 atom stereocenters. The molecule has 1 aliphatic heterocycles. The Morgan fingerprint density at radius 2 is 1.85 bits per heavy atom. The molecule has 27 heavy (non-hydrogen) atoms. The van der Waals surface area contributed by atoms with Gasteiger partial charge in [0.1, 0.15) is 0 Å². The fraction of sp³-hybridized carbons (Fsp3) is 0.150. The number of nitrogens with one attached hydrogen (secondary N) is 1. The zero-order valence-corrected chi connectivity index (χ0v) is 16.0. The van der Waals surface area contributed by atoms with Gasteiger partial charge in [0.15, 0.2) is 0 Å². The molecule has 5 nitrogen and oxygen atoms in total. The number of aromatic nitrogens is 2. The molecule has 0 bridgehead atoms. The van der Waals surface area contributed by atoms with Crippen LogP contribution in [0.5, 0.6) is 0 Å². The minimum atomic E-state index is -0.347. The second-order valence-corrected chi connectivity index (χ2v) is 7.16. The topological polar surface area (TPSA) is 58.1 Å². The summed E-state index contributed by atoms with van der Waals surface area (Å²) in [6.07, 6.45) is 3.97. The maximum absolute atomic E-state index is 12.5. The summed E-state index contributed by atoms with van der Waals surface area (Å²) in [5, 5.41) is 3.41. The first-order valence-corrected chi connectivity index (χ1v) is 9.24. The Balaban J connectivity index is 1.56. The molecule has 2 aromatic carbocycles. The first-order valence-electron chi connectivity index (χ1n) is 8.49. The number of hydrogen-bond acceptors (Lipinski definition) is 4. The van der Waals surface area contributed by atoms with Crippen LogP contribution >= 0.6 is 23.2 Å². The molecule has 0 saturated carbocycles. The Morgan fingerprint density at radius 3 is 2.63 bits per heavy atom. The van der Waals surface area contributed by atoms with E-state index in [0.717, 1.165) is 12.1 Å². The third kappa shape index (κ3) is 3.36. The molecule has 1 amide bonds. The number of rotatable bonds is 3. The number of para-hydroxylation sites is 1. The quantitative estimate of drug-likeness (QED) is 0.664. The molecular formula is C20H16Cl2N4O. The SMILES string of the molecule is CC1Cc2ccccc2N1c1ncc(C(=O)Nc2cccc(Cl)c2Cl)cn1. The van der Waals surface area contributed by atoms with Crippen LogP contribution in [0.2, 0.25) is 10.0 Å². The van der Waals surface area contributed by atoms with E-state index in [2.05, 4.69) is 39.2 Å². The zero-order valence-electron chi connectivity index (χ0n) is 14.5. The molecule has 0 radical (unpaired) electrons. The van der Waals surface area contributed by atoms with Crippen LogP contribution in [0, 0.1) is 0 Å². The van der Waals surface area contributed by atoms with Crippen molar-refractivity contribution in [1.29, 1.82) is 0 Å². The minimum Gasteiger partial charge on any atom is -0.320 e. The average molecular weight is 399 g/mol. The Kier molecular flexibility index (Phi) is 4.72. The molecule has 0 saturated heterocycles. The molecule has 1 aliphatic rings. The monoisotopic (exact) mass is 398 g/mol. The van der Waals surface area contributed by atoms with E-state index in [1.807, 2.05) is 12.1 Å². The molecule has 136 valence electrons. The summed E-state index contributed by atoms with van der Waals surface area (Å²) in [6, 6.07) is 13.5. The highest BCUT2D eigenvalue weighted by atomic mass is 35.5. The predicted molar refractivity (Wildman–Crippen MR) is 108 cm³/mol. The molecule has 1 unspecified atom stereocenters. The Morgan fingerprint density at radius 1 is 1.11 bits per heavy atom. The number of carbonyl (C=O) groups is 1. The van der Waals surface area contributed by atoms with Gasteiger partial charge in [-0.2, -0.15) is 0 Å². The molecule has 7 heteroatoms. The highest BCUT2D eigenvalue weighted by Crippen LogP contribution is 2.36. The largest absolute Gasteiger partial charge is 0.320 e. The first kappa shape index (κ1) is 17.8. The van der Waals surface area contributed by atoms with Crippen molar-refractivity contribution in [2.24, 2.45) is 0 Å². The van der Waals surface area contributed by atoms with E-state index in [0.29, 0.717) is 27.2 Å². The minimum absolute atomic E-state index is 0.257. The van der Waals surface area contributed by atoms with Crippen LogP contribution in [-0.4, -0.2) is 21.9 Å². The highest BCUT2D eigenvalue weighted by Gasteiger charge is 2.28. The average Bonchev–Trinajstić information content (AvgIpc) is 3.01. The molecule has 1 aromatic heterocycles. The van der Waals surface area contributed by atoms with Gasteiger partial charge < -0.3 is 10.2 Å². The van der Waals surface area contributed by atoms with Crippen molar-refractivity contribution < 1.29 is 4.79 Å². The van der Waals surface area contributed by atoms with Gasteiger partial charge in [-0.05, 0) is 37.1 Å². The van der Waals surface area contributed by atoms with Crippen molar-refractivity contribution >= 4 is 46.4 Å². The van der Waals surface area contributed by atoms with Crippen LogP contribution in [0.3, 0.4) is 0 Å². The van der Waals surface area contributed by atoms with Crippen molar-refractivity contribution in [1.82, 2.24) is 9.97 Å². The van der Waals surface area contributed by atoms with E-state index >= 15 is 0 Å². The van der Waals surface area contributed by atoms with E-state index in [4.69, 9.17) is 23.2 Å². The summed E-state index contributed by atoms with van der Waals surface area (Å²) < 4.78 is 0. The van der Waals surface area contributed by atoms with Gasteiger partial charge in [-0.3, -0.25) is 4.79 Å². The second-order valence-electron chi connectivity index (χ2n) is 6.38. The fourth-order valence-electron chi connectivity index (χ4n) is 3.23. The maximum Gasteiger partial charge on any atom is 0.258 e. The summed E-state index contributed by atoms with van der Waals surface area (Å²) in [6.45, 7) is 2.13. The number of nitrogens with zero attached hydrogens (tertiary/aromatic N) is 3. The van der Waals surface area contributed by atoms with Gasteiger partial charge in [0.05, 0.1) is 21.3 Å². The predicted octanol–water partition coefficient (Wildman–Crippen LogP) is 5.12. The van der Waals surface area contributed by atoms with E-state index < -0.39 is 0 Å². The van der Waals surface area contributed by atoms with E-state index in [1.165, 1.54) is 18.0 Å². The van der Waals surface area contributed by atoms with E-state index in [-0.39, 0.29) is 11.9 Å². The molecule has 1 N–H and O–H groups in total. The summed E-state index contributed by atoms with van der Waals surface area (Å²) in [5.74, 6) is 0.227. The van der Waals surface area contributed by atoms with Gasteiger partial charge in [0.25, 0.3) is 5.91 Å². The number of halogens is 2. The lowest BCUT2D eigenvalue weighted by Crippen LogP contribution is -2.26. The van der Waals surface area contributed by atoms with E-state index in [1.54, 1.807) is 18.2 Å². The van der Waals surface area contributed by atoms with Crippen LogP contribution in [0.1, 0.15) is 22.8 Å². The van der Waals surface area contributed by atoms with Gasteiger partial charge >= 0.3 is 0 Å². The van der Waals surface area contributed by atoms with Gasteiger partial charge in [0, 0.05) is 24.1 Å². The summed E-state index contributed by atoms with van der Waals surface area (Å²) in [5.41, 5.74) is 3.16. The van der Waals surface area contributed by atoms with Crippen molar-refractivity contribution in [3.63, 3.8) is 0 Å². The number of carbonyl (C=O) groups excluding carboxylic acids is 1. The van der Waals surface area contributed by atoms with Crippen LogP contribution in [-0.2, 0) is 6.42 Å². The third-order valence-corrected chi connectivity index (χ3v) is 5.34. The molecule has 2 heterocycles. The number of anilines is 3. The number of hydrogen-bond donors (Lipinski definition) is 1. The number of benzene rings is 2. The van der Waals surface area contributed by atoms with Crippen LogP contribution in [0.25, 0.3) is 0 Å². The van der Waals surface area contributed by atoms with E-state index in [9.17, 15) is 4.79 Å². The smallest absolute Gasteiger partial charge is 0.258 e. The fourth-order valence-corrected chi connectivity index (χ4v) is 3.58. The second kappa shape index (κ2) is 7.18. The molecule has 4 rings (SSSR count). The molecule has 0 fully saturated rings. The highest BCUT2D eigenvalue weighted by molar-refractivity contribution is 6.44. The molecule has 0 spiro atoms. The zero-order chi connectivity index (χ0) is 19.0. The molecular weight excluding hydrogens is 383 g/mol. The number of fused-ring (bicyclic) bond motifs is 1. The third-order valence-electron chi connectivity index (χ3n) is 4.52. The van der Waals surface area contributed by atoms with Crippen molar-refractivity contribution in [2.45, 2.75) is 19.4 Å². The van der Waals surface area contributed by atoms with Gasteiger partial charge in [-0.25, -0.2) is 9.97 Å². The standard InChI is InChI=1S/C20H16Cl2N4O/c1-12-9-13-5-2-3-8-17(13)26(12)20-23-10-14(11-24-20)19(27)25-16-7-4-6-15(21)18(16)22/h2-8,10-12H,9H2,1H3,(H,25,27). The van der Waals surface area contributed by atoms with Crippen molar-refractivity contribution in [2.75, 3.05) is 10.2 Å². The van der Waals surface area contributed by atoms with Crippen molar-refractivity contribution in [3.8, 4) is 0 Å². The summed E-state index contributed by atoms with van der Waals surface area (Å²) >= 11 is 12.1. The molecule has 3 aromatic rings. The lowest BCUT2D eigenvalue weighted by atomic mass is 10.1. The Hall–Kier alpha value is -2.63. The Bertz CT molecular complexity index is 1010. The maximum atomic E-state index is 12.5. The van der Waals surface area contributed by atoms with Crippen LogP contribution in [0.15, 0.2) is 54.9 Å². The van der Waals surface area contributed by atoms with Gasteiger partial charge in [-0.1, -0.05) is 47.5 Å². The van der Waals surface area contributed by atoms with Crippen LogP contribution < -0.4 is 10.2 Å². The Labute approximate surface area is 167 Å². The lowest BCUT2D eigenvalue weighted by molar-refractivity contribution is 0.102. The number of amides is 1. The van der Waals surface area contributed by atoms with Crippen LogP contribution in [0.4, 0.5) is 17.3 Å². The summed E-state index contributed by atoms with van der Waals surface area (Å²) in [7, 11) is 0.